The van der Waals surface area contributed by atoms with Gasteiger partial charge in [-0.2, -0.15) is 0 Å². The normalized spacial score (nSPS) is 19.0. The van der Waals surface area contributed by atoms with Gasteiger partial charge in [0, 0.05) is 43.1 Å². The number of H-pyrrole nitrogens is 2. The standard InChI is InChI=1S/C18H20N4O2/c1-12-8-17(23)21-18(20-12)16-11-22(6-7-24-16)10-13-2-3-15-14(9-13)4-5-19-15/h2-5,8-9,16,19H,6-7,10-11H2,1H3,(H,20,21,23)/t16-/m0/s1. The van der Waals surface area contributed by atoms with Crippen molar-refractivity contribution in [2.75, 3.05) is 19.7 Å². The molecule has 124 valence electrons. The first kappa shape index (κ1) is 15.1. The number of rotatable bonds is 3. The summed E-state index contributed by atoms with van der Waals surface area (Å²) in [5.74, 6) is 0.616. The van der Waals surface area contributed by atoms with Gasteiger partial charge in [-0.3, -0.25) is 9.69 Å². The molecule has 1 aromatic carbocycles. The maximum absolute atomic E-state index is 11.7. The molecule has 0 bridgehead atoms. The number of hydrogen-bond acceptors (Lipinski definition) is 4. The largest absolute Gasteiger partial charge is 0.368 e. The first-order valence-electron chi connectivity index (χ1n) is 8.15. The Labute approximate surface area is 139 Å². The maximum atomic E-state index is 11.7. The van der Waals surface area contributed by atoms with E-state index in [0.29, 0.717) is 18.1 Å². The van der Waals surface area contributed by atoms with Crippen molar-refractivity contribution in [2.45, 2.75) is 19.6 Å². The molecule has 0 amide bonds. The highest BCUT2D eigenvalue weighted by Crippen LogP contribution is 2.21. The molecule has 1 fully saturated rings. The minimum absolute atomic E-state index is 0.129. The smallest absolute Gasteiger partial charge is 0.251 e. The Balaban J connectivity index is 1.50. The number of aromatic amines is 2. The van der Waals surface area contributed by atoms with Crippen LogP contribution in [0.4, 0.5) is 0 Å². The molecule has 3 aromatic rings. The highest BCUT2D eigenvalue weighted by Gasteiger charge is 2.24. The van der Waals surface area contributed by atoms with Crippen molar-refractivity contribution in [3.8, 4) is 0 Å². The third kappa shape index (κ3) is 3.11. The Bertz CT molecular complexity index is 915. The summed E-state index contributed by atoms with van der Waals surface area (Å²) < 4.78 is 5.82. The van der Waals surface area contributed by atoms with Crippen molar-refractivity contribution >= 4 is 10.9 Å². The molecule has 0 spiro atoms. The van der Waals surface area contributed by atoms with E-state index in [1.54, 1.807) is 0 Å². The summed E-state index contributed by atoms with van der Waals surface area (Å²) in [6.45, 7) is 4.91. The van der Waals surface area contributed by atoms with Crippen LogP contribution in [0.1, 0.15) is 23.2 Å². The van der Waals surface area contributed by atoms with Crippen molar-refractivity contribution in [2.24, 2.45) is 0 Å². The summed E-state index contributed by atoms with van der Waals surface area (Å²) in [5.41, 5.74) is 3.01. The predicted molar refractivity (Wildman–Crippen MR) is 91.9 cm³/mol. The van der Waals surface area contributed by atoms with Gasteiger partial charge in [-0.1, -0.05) is 6.07 Å². The van der Waals surface area contributed by atoms with Crippen molar-refractivity contribution in [1.82, 2.24) is 19.9 Å². The molecular weight excluding hydrogens is 304 g/mol. The van der Waals surface area contributed by atoms with Gasteiger partial charge in [-0.15, -0.1) is 0 Å². The lowest BCUT2D eigenvalue weighted by Crippen LogP contribution is -2.39. The number of nitrogens with zero attached hydrogens (tertiary/aromatic N) is 2. The van der Waals surface area contributed by atoms with Gasteiger partial charge in [0.05, 0.1) is 6.61 Å². The van der Waals surface area contributed by atoms with Gasteiger partial charge in [0.25, 0.3) is 5.56 Å². The third-order valence-corrected chi connectivity index (χ3v) is 4.37. The fourth-order valence-electron chi connectivity index (χ4n) is 3.23. The van der Waals surface area contributed by atoms with Crippen molar-refractivity contribution < 1.29 is 4.74 Å². The summed E-state index contributed by atoms with van der Waals surface area (Å²) in [6, 6.07) is 10.1. The molecule has 0 unspecified atom stereocenters. The molecule has 0 saturated carbocycles. The number of fused-ring (bicyclic) bond motifs is 1. The van der Waals surface area contributed by atoms with Gasteiger partial charge in [-0.25, -0.2) is 4.98 Å². The molecule has 1 aliphatic heterocycles. The van der Waals surface area contributed by atoms with Crippen LogP contribution < -0.4 is 5.56 Å². The molecule has 24 heavy (non-hydrogen) atoms. The van der Waals surface area contributed by atoms with Gasteiger partial charge in [0.2, 0.25) is 0 Å². The quantitative estimate of drug-likeness (QED) is 0.774. The molecule has 0 aliphatic carbocycles. The Morgan fingerprint density at radius 2 is 2.25 bits per heavy atom. The molecular formula is C18H20N4O2. The molecule has 4 rings (SSSR count). The highest BCUT2D eigenvalue weighted by molar-refractivity contribution is 5.79. The molecule has 6 nitrogen and oxygen atoms in total. The lowest BCUT2D eigenvalue weighted by molar-refractivity contribution is -0.0373. The number of morpholine rings is 1. The molecule has 1 atom stereocenters. The van der Waals surface area contributed by atoms with Gasteiger partial charge < -0.3 is 14.7 Å². The number of ether oxygens (including phenoxy) is 1. The van der Waals surface area contributed by atoms with Crippen LogP contribution in [-0.2, 0) is 11.3 Å². The van der Waals surface area contributed by atoms with Crippen LogP contribution in [0.5, 0.6) is 0 Å². The molecule has 1 aliphatic rings. The van der Waals surface area contributed by atoms with Crippen LogP contribution >= 0.6 is 0 Å². The topological polar surface area (TPSA) is 74.0 Å². The van der Waals surface area contributed by atoms with Crippen molar-refractivity contribution in [1.29, 1.82) is 0 Å². The maximum Gasteiger partial charge on any atom is 0.251 e. The molecule has 2 aromatic heterocycles. The summed E-state index contributed by atoms with van der Waals surface area (Å²) in [5, 5.41) is 1.22. The number of nitrogens with one attached hydrogen (secondary N) is 2. The lowest BCUT2D eigenvalue weighted by atomic mass is 10.1. The summed E-state index contributed by atoms with van der Waals surface area (Å²) in [7, 11) is 0. The first-order chi connectivity index (χ1) is 11.7. The van der Waals surface area contributed by atoms with E-state index in [9.17, 15) is 4.79 Å². The van der Waals surface area contributed by atoms with E-state index < -0.39 is 0 Å². The van der Waals surface area contributed by atoms with E-state index in [-0.39, 0.29) is 11.7 Å². The minimum atomic E-state index is -0.192. The summed E-state index contributed by atoms with van der Waals surface area (Å²) in [6.07, 6.45) is 1.77. The fourth-order valence-corrected chi connectivity index (χ4v) is 3.23. The number of aryl methyl sites for hydroxylation is 1. The van der Waals surface area contributed by atoms with Gasteiger partial charge >= 0.3 is 0 Å². The Morgan fingerprint density at radius 3 is 3.12 bits per heavy atom. The number of hydrogen-bond donors (Lipinski definition) is 2. The third-order valence-electron chi connectivity index (χ3n) is 4.37. The van der Waals surface area contributed by atoms with Crippen LogP contribution in [0.15, 0.2) is 41.3 Å². The molecule has 3 heterocycles. The molecule has 0 radical (unpaired) electrons. The highest BCUT2D eigenvalue weighted by atomic mass is 16.5. The zero-order valence-corrected chi connectivity index (χ0v) is 13.6. The zero-order chi connectivity index (χ0) is 16.5. The second-order valence-electron chi connectivity index (χ2n) is 6.27. The van der Waals surface area contributed by atoms with E-state index >= 15 is 0 Å². The SMILES string of the molecule is Cc1cc(=O)[nH]c([C@@H]2CN(Cc3ccc4[nH]ccc4c3)CCO2)n1. The molecule has 2 N–H and O–H groups in total. The van der Waals surface area contributed by atoms with E-state index in [1.807, 2.05) is 13.1 Å². The van der Waals surface area contributed by atoms with Crippen LogP contribution in [0, 0.1) is 6.92 Å². The van der Waals surface area contributed by atoms with E-state index in [0.717, 1.165) is 25.2 Å². The summed E-state index contributed by atoms with van der Waals surface area (Å²) in [4.78, 5) is 24.4. The monoisotopic (exact) mass is 324 g/mol. The first-order valence-corrected chi connectivity index (χ1v) is 8.15. The minimum Gasteiger partial charge on any atom is -0.368 e. The van der Waals surface area contributed by atoms with Crippen LogP contribution in [0.3, 0.4) is 0 Å². The van der Waals surface area contributed by atoms with Crippen molar-refractivity contribution in [3.63, 3.8) is 0 Å². The van der Waals surface area contributed by atoms with Crippen LogP contribution in [-0.4, -0.2) is 39.5 Å². The molecule has 1 saturated heterocycles. The van der Waals surface area contributed by atoms with E-state index in [1.165, 1.54) is 17.0 Å². The number of aromatic nitrogens is 3. The fraction of sp³-hybridized carbons (Fsp3) is 0.333. The average molecular weight is 324 g/mol. The molecule has 6 heteroatoms. The second kappa shape index (κ2) is 6.22. The lowest BCUT2D eigenvalue weighted by Gasteiger charge is -2.32. The Morgan fingerprint density at radius 1 is 1.33 bits per heavy atom. The van der Waals surface area contributed by atoms with E-state index in [4.69, 9.17) is 4.74 Å². The Kier molecular flexibility index (Phi) is 3.92. The predicted octanol–water partition coefficient (Wildman–Crippen LogP) is 2.13. The van der Waals surface area contributed by atoms with Crippen LogP contribution in [0.2, 0.25) is 0 Å². The Hall–Kier alpha value is -2.44. The van der Waals surface area contributed by atoms with Crippen LogP contribution in [0.25, 0.3) is 10.9 Å². The van der Waals surface area contributed by atoms with E-state index in [2.05, 4.69) is 44.1 Å². The number of benzene rings is 1. The second-order valence-corrected chi connectivity index (χ2v) is 6.27. The summed E-state index contributed by atoms with van der Waals surface area (Å²) >= 11 is 0. The zero-order valence-electron chi connectivity index (χ0n) is 13.6. The average Bonchev–Trinajstić information content (AvgIpc) is 3.02. The van der Waals surface area contributed by atoms with Crippen molar-refractivity contribution in [3.05, 3.63) is 64.0 Å². The van der Waals surface area contributed by atoms with Gasteiger partial charge in [-0.05, 0) is 36.1 Å². The van der Waals surface area contributed by atoms with Gasteiger partial charge in [0.15, 0.2) is 0 Å². The van der Waals surface area contributed by atoms with Gasteiger partial charge in [0.1, 0.15) is 11.9 Å².